The highest BCUT2D eigenvalue weighted by Gasteiger charge is 2.42. The third kappa shape index (κ3) is 5.04. The zero-order valence-electron chi connectivity index (χ0n) is 19.7. The lowest BCUT2D eigenvalue weighted by Gasteiger charge is -2.28. The number of pyridine rings is 1. The average molecular weight is 578 g/mol. The molecule has 0 radical (unpaired) electrons. The van der Waals surface area contributed by atoms with Crippen molar-refractivity contribution in [3.05, 3.63) is 76.5 Å². The predicted octanol–water partition coefficient (Wildman–Crippen LogP) is 5.39. The van der Waals surface area contributed by atoms with Crippen molar-refractivity contribution in [1.29, 1.82) is 0 Å². The first kappa shape index (κ1) is 25.9. The van der Waals surface area contributed by atoms with Gasteiger partial charge in [-0.1, -0.05) is 40.6 Å². The van der Waals surface area contributed by atoms with E-state index in [0.29, 0.717) is 44.0 Å². The first-order chi connectivity index (χ1) is 17.8. The van der Waals surface area contributed by atoms with Crippen LogP contribution in [-0.4, -0.2) is 48.3 Å². The number of nitrogens with zero attached hydrogens (tertiary/aromatic N) is 4. The molecule has 1 atom stereocenters. The lowest BCUT2D eigenvalue weighted by molar-refractivity contribution is -0.121. The number of thiazole rings is 1. The normalized spacial score (nSPS) is 16.2. The van der Waals surface area contributed by atoms with Crippen molar-refractivity contribution < 1.29 is 17.9 Å². The molecule has 1 aliphatic rings. The Kier molecular flexibility index (Phi) is 7.37. The van der Waals surface area contributed by atoms with Gasteiger partial charge in [0.15, 0.2) is 5.13 Å². The molecule has 12 heteroatoms. The van der Waals surface area contributed by atoms with Gasteiger partial charge in [0.05, 0.1) is 28.3 Å². The van der Waals surface area contributed by atoms with Crippen LogP contribution >= 0.6 is 34.5 Å². The minimum Gasteiger partial charge on any atom is -0.494 e. The number of amides is 1. The SMILES string of the molecule is COc1ccc(Cl)c2sc(N(Cc3cccnc3)C(=O)C3CCCN3S(=O)(=O)c3ccc(Cl)cc3)nc12. The molecule has 37 heavy (non-hydrogen) atoms. The number of methoxy groups -OCH3 is 1. The van der Waals surface area contributed by atoms with Crippen molar-refractivity contribution >= 4 is 65.8 Å². The molecule has 0 N–H and O–H groups in total. The summed E-state index contributed by atoms with van der Waals surface area (Å²) in [5, 5.41) is 1.31. The molecule has 0 bridgehead atoms. The van der Waals surface area contributed by atoms with Crippen LogP contribution in [0.2, 0.25) is 10.0 Å². The maximum absolute atomic E-state index is 14.1. The Bertz CT molecular complexity index is 1550. The van der Waals surface area contributed by atoms with E-state index in [1.54, 1.807) is 30.6 Å². The number of halogens is 2. The average Bonchev–Trinajstić information content (AvgIpc) is 3.57. The van der Waals surface area contributed by atoms with Crippen molar-refractivity contribution in [2.24, 2.45) is 0 Å². The van der Waals surface area contributed by atoms with Crippen LogP contribution < -0.4 is 9.64 Å². The third-order valence-electron chi connectivity index (χ3n) is 6.14. The van der Waals surface area contributed by atoms with Gasteiger partial charge in [0.25, 0.3) is 0 Å². The number of rotatable bonds is 7. The maximum atomic E-state index is 14.1. The zero-order chi connectivity index (χ0) is 26.2. The highest BCUT2D eigenvalue weighted by atomic mass is 35.5. The minimum atomic E-state index is -3.92. The van der Waals surface area contributed by atoms with Crippen LogP contribution in [0.25, 0.3) is 10.2 Å². The summed E-state index contributed by atoms with van der Waals surface area (Å²) in [6, 6.07) is 12.1. The third-order valence-corrected chi connectivity index (χ3v) is 9.85. The zero-order valence-corrected chi connectivity index (χ0v) is 22.8. The van der Waals surface area contributed by atoms with E-state index in [2.05, 4.69) is 4.98 Å². The molecular formula is C25H22Cl2N4O4S2. The lowest BCUT2D eigenvalue weighted by Crippen LogP contribution is -2.47. The molecule has 8 nitrogen and oxygen atoms in total. The van der Waals surface area contributed by atoms with Gasteiger partial charge in [-0.25, -0.2) is 13.4 Å². The number of carbonyl (C=O) groups is 1. The van der Waals surface area contributed by atoms with Crippen molar-refractivity contribution in [3.8, 4) is 5.75 Å². The highest BCUT2D eigenvalue weighted by Crippen LogP contribution is 2.40. The van der Waals surface area contributed by atoms with Crippen LogP contribution in [0.1, 0.15) is 18.4 Å². The Morgan fingerprint density at radius 2 is 1.97 bits per heavy atom. The van der Waals surface area contributed by atoms with E-state index >= 15 is 0 Å². The van der Waals surface area contributed by atoms with E-state index < -0.39 is 16.1 Å². The first-order valence-electron chi connectivity index (χ1n) is 11.4. The van der Waals surface area contributed by atoms with Crippen molar-refractivity contribution in [1.82, 2.24) is 14.3 Å². The summed E-state index contributed by atoms with van der Waals surface area (Å²) in [6.45, 7) is 0.402. The van der Waals surface area contributed by atoms with E-state index in [9.17, 15) is 13.2 Å². The van der Waals surface area contributed by atoms with E-state index in [1.807, 2.05) is 6.07 Å². The molecule has 0 aliphatic carbocycles. The molecule has 1 saturated heterocycles. The van der Waals surface area contributed by atoms with Gasteiger partial charge in [0, 0.05) is 24.0 Å². The second kappa shape index (κ2) is 10.5. The Morgan fingerprint density at radius 3 is 2.68 bits per heavy atom. The Balaban J connectivity index is 1.55. The molecule has 0 saturated carbocycles. The number of hydrogen-bond donors (Lipinski definition) is 0. The molecule has 1 aliphatic heterocycles. The molecule has 192 valence electrons. The number of carbonyl (C=O) groups excluding carboxylic acids is 1. The largest absolute Gasteiger partial charge is 0.494 e. The Morgan fingerprint density at radius 1 is 1.19 bits per heavy atom. The smallest absolute Gasteiger partial charge is 0.247 e. The van der Waals surface area contributed by atoms with Gasteiger partial charge in [0.2, 0.25) is 15.9 Å². The molecule has 2 aromatic heterocycles. The number of anilines is 1. The number of sulfonamides is 1. The molecule has 2 aromatic carbocycles. The maximum Gasteiger partial charge on any atom is 0.247 e. The summed E-state index contributed by atoms with van der Waals surface area (Å²) in [5.74, 6) is 0.163. The topological polar surface area (TPSA) is 92.7 Å². The second-order valence-corrected chi connectivity index (χ2v) is 12.1. The molecule has 3 heterocycles. The monoisotopic (exact) mass is 576 g/mol. The fraction of sp³-hybridized carbons (Fsp3) is 0.240. The van der Waals surface area contributed by atoms with Gasteiger partial charge in [-0.05, 0) is 60.9 Å². The Hall–Kier alpha value is -2.76. The van der Waals surface area contributed by atoms with Crippen LogP contribution in [0.3, 0.4) is 0 Å². The van der Waals surface area contributed by atoms with Crippen molar-refractivity contribution in [2.75, 3.05) is 18.6 Å². The lowest BCUT2D eigenvalue weighted by atomic mass is 10.2. The van der Waals surface area contributed by atoms with Gasteiger partial charge in [-0.2, -0.15) is 4.31 Å². The fourth-order valence-electron chi connectivity index (χ4n) is 4.33. The molecule has 1 fully saturated rings. The van der Waals surface area contributed by atoms with Gasteiger partial charge in [-0.15, -0.1) is 0 Å². The van der Waals surface area contributed by atoms with Gasteiger partial charge in [-0.3, -0.25) is 14.7 Å². The van der Waals surface area contributed by atoms with Gasteiger partial charge in [0.1, 0.15) is 17.3 Å². The minimum absolute atomic E-state index is 0.0897. The number of aromatic nitrogens is 2. The summed E-state index contributed by atoms with van der Waals surface area (Å²) >= 11 is 13.6. The summed E-state index contributed by atoms with van der Waals surface area (Å²) in [6.07, 6.45) is 4.26. The summed E-state index contributed by atoms with van der Waals surface area (Å²) in [5.41, 5.74) is 1.31. The number of benzene rings is 2. The van der Waals surface area contributed by atoms with Crippen LogP contribution in [0.15, 0.2) is 65.8 Å². The molecule has 0 spiro atoms. The van der Waals surface area contributed by atoms with E-state index in [0.717, 1.165) is 5.56 Å². The van der Waals surface area contributed by atoms with Crippen molar-refractivity contribution in [2.45, 2.75) is 30.3 Å². The van der Waals surface area contributed by atoms with Gasteiger partial charge >= 0.3 is 0 Å². The summed E-state index contributed by atoms with van der Waals surface area (Å²) in [7, 11) is -2.38. The summed E-state index contributed by atoms with van der Waals surface area (Å²) < 4.78 is 34.4. The van der Waals surface area contributed by atoms with Crippen LogP contribution in [0.4, 0.5) is 5.13 Å². The van der Waals surface area contributed by atoms with E-state index in [-0.39, 0.29) is 23.9 Å². The highest BCUT2D eigenvalue weighted by molar-refractivity contribution is 7.89. The predicted molar refractivity (Wildman–Crippen MR) is 145 cm³/mol. The Labute approximate surface area is 228 Å². The summed E-state index contributed by atoms with van der Waals surface area (Å²) in [4.78, 5) is 24.6. The van der Waals surface area contributed by atoms with Crippen LogP contribution in [-0.2, 0) is 21.4 Å². The van der Waals surface area contributed by atoms with Crippen LogP contribution in [0, 0.1) is 0 Å². The molecule has 5 rings (SSSR count). The first-order valence-corrected chi connectivity index (χ1v) is 14.4. The second-order valence-electron chi connectivity index (χ2n) is 8.44. The fourth-order valence-corrected chi connectivity index (χ4v) is 7.37. The van der Waals surface area contributed by atoms with Gasteiger partial charge < -0.3 is 4.74 Å². The van der Waals surface area contributed by atoms with Crippen molar-refractivity contribution in [3.63, 3.8) is 0 Å². The molecule has 1 unspecified atom stereocenters. The van der Waals surface area contributed by atoms with E-state index in [1.165, 1.54) is 51.9 Å². The molecule has 4 aromatic rings. The quantitative estimate of drug-likeness (QED) is 0.292. The number of hydrogen-bond acceptors (Lipinski definition) is 7. The molecule has 1 amide bonds. The van der Waals surface area contributed by atoms with E-state index in [4.69, 9.17) is 32.9 Å². The number of fused-ring (bicyclic) bond motifs is 1. The van der Waals surface area contributed by atoms with Crippen LogP contribution in [0.5, 0.6) is 5.75 Å². The molecular weight excluding hydrogens is 555 g/mol. The number of ether oxygens (including phenoxy) is 1. The standard InChI is InChI=1S/C25H22Cl2N4O4S2/c1-35-21-11-10-19(27)23-22(21)29-25(36-23)30(15-16-4-2-12-28-14-16)24(32)20-5-3-13-31(20)37(33,34)18-8-6-17(26)7-9-18/h2,4,6-12,14,20H,3,5,13,15H2,1H3.